The Kier molecular flexibility index (Phi) is 3.48. The highest BCUT2D eigenvalue weighted by Gasteiger charge is 2.44. The molecule has 0 amide bonds. The summed E-state index contributed by atoms with van der Waals surface area (Å²) in [6, 6.07) is -0.595. The summed E-state index contributed by atoms with van der Waals surface area (Å²) in [4.78, 5) is 1.91. The summed E-state index contributed by atoms with van der Waals surface area (Å²) in [5.74, 6) is 0. The second-order valence-electron chi connectivity index (χ2n) is 4.67. The molecule has 1 aromatic heterocycles. The van der Waals surface area contributed by atoms with E-state index in [2.05, 4.69) is 5.10 Å². The van der Waals surface area contributed by atoms with Crippen LogP contribution in [0.4, 0.5) is 0 Å². The van der Waals surface area contributed by atoms with Crippen LogP contribution < -0.4 is 0 Å². The van der Waals surface area contributed by atoms with E-state index in [-0.39, 0.29) is 12.6 Å². The van der Waals surface area contributed by atoms with E-state index in [1.807, 2.05) is 25.1 Å². The van der Waals surface area contributed by atoms with Crippen molar-refractivity contribution in [2.45, 2.75) is 37.8 Å². The van der Waals surface area contributed by atoms with Gasteiger partial charge in [-0.25, -0.2) is 0 Å². The molecule has 0 saturated carbocycles. The molecule has 2 heterocycles. The minimum atomic E-state index is -0.897. The average molecular weight is 241 g/mol. The predicted octanol–water partition coefficient (Wildman–Crippen LogP) is -1.29. The molecule has 17 heavy (non-hydrogen) atoms. The van der Waals surface area contributed by atoms with Crippen LogP contribution in [0.3, 0.4) is 0 Å². The summed E-state index contributed by atoms with van der Waals surface area (Å²) < 4.78 is 1.71. The van der Waals surface area contributed by atoms with Crippen molar-refractivity contribution in [3.05, 3.63) is 18.0 Å². The van der Waals surface area contributed by atoms with Crippen LogP contribution in [-0.4, -0.2) is 60.9 Å². The lowest BCUT2D eigenvalue weighted by atomic mass is 10.1. The normalized spacial score (nSPS) is 34.4. The summed E-state index contributed by atoms with van der Waals surface area (Å²) in [7, 11) is 1.84. The lowest BCUT2D eigenvalue weighted by molar-refractivity contribution is 0.0186. The number of aliphatic hydroxyl groups excluding tert-OH is 3. The van der Waals surface area contributed by atoms with Crippen LogP contribution in [0.1, 0.15) is 12.5 Å². The standard InChI is InChI=1S/C11H19N3O3/c1-7-10(16)11(17)9(6-15)14(7)5-8-3-12-13(2)4-8/h3-4,7,9-11,15-17H,5-6H2,1-2H3/t7-,9+,10-,11+/m0/s1. The molecule has 1 aliphatic heterocycles. The minimum Gasteiger partial charge on any atom is -0.395 e. The molecule has 4 atom stereocenters. The van der Waals surface area contributed by atoms with Gasteiger partial charge in [0.2, 0.25) is 0 Å². The van der Waals surface area contributed by atoms with E-state index in [4.69, 9.17) is 0 Å². The maximum atomic E-state index is 9.81. The van der Waals surface area contributed by atoms with Crippen molar-refractivity contribution in [1.82, 2.24) is 14.7 Å². The van der Waals surface area contributed by atoms with Gasteiger partial charge in [-0.1, -0.05) is 0 Å². The van der Waals surface area contributed by atoms with E-state index < -0.39 is 18.2 Å². The summed E-state index contributed by atoms with van der Waals surface area (Å²) in [6.45, 7) is 2.25. The number of aromatic nitrogens is 2. The molecule has 1 aliphatic rings. The summed E-state index contributed by atoms with van der Waals surface area (Å²) in [5, 5.41) is 33.0. The monoisotopic (exact) mass is 241 g/mol. The van der Waals surface area contributed by atoms with E-state index in [0.29, 0.717) is 6.54 Å². The largest absolute Gasteiger partial charge is 0.395 e. The molecule has 0 aliphatic carbocycles. The van der Waals surface area contributed by atoms with Gasteiger partial charge in [-0.05, 0) is 6.92 Å². The van der Waals surface area contributed by atoms with Crippen LogP contribution in [-0.2, 0) is 13.6 Å². The first kappa shape index (κ1) is 12.5. The minimum absolute atomic E-state index is 0.164. The van der Waals surface area contributed by atoms with Crippen molar-refractivity contribution in [3.63, 3.8) is 0 Å². The number of aliphatic hydroxyl groups is 3. The zero-order valence-corrected chi connectivity index (χ0v) is 10.1. The van der Waals surface area contributed by atoms with Gasteiger partial charge in [-0.2, -0.15) is 5.10 Å². The fourth-order valence-corrected chi connectivity index (χ4v) is 2.45. The highest BCUT2D eigenvalue weighted by molar-refractivity contribution is 5.07. The molecule has 3 N–H and O–H groups in total. The molecule has 0 aromatic carbocycles. The first-order valence-corrected chi connectivity index (χ1v) is 5.75. The molecule has 0 spiro atoms. The maximum absolute atomic E-state index is 9.81. The van der Waals surface area contributed by atoms with Gasteiger partial charge in [0.05, 0.1) is 31.1 Å². The van der Waals surface area contributed by atoms with Crippen molar-refractivity contribution >= 4 is 0 Å². The van der Waals surface area contributed by atoms with Gasteiger partial charge in [-0.15, -0.1) is 0 Å². The van der Waals surface area contributed by atoms with Gasteiger partial charge in [0, 0.05) is 31.4 Å². The van der Waals surface area contributed by atoms with Crippen LogP contribution in [0.25, 0.3) is 0 Å². The van der Waals surface area contributed by atoms with E-state index in [9.17, 15) is 15.3 Å². The highest BCUT2D eigenvalue weighted by Crippen LogP contribution is 2.26. The first-order chi connectivity index (χ1) is 8.04. The quantitative estimate of drug-likeness (QED) is 0.613. The topological polar surface area (TPSA) is 81.8 Å². The molecule has 2 rings (SSSR count). The predicted molar refractivity (Wildman–Crippen MR) is 61.1 cm³/mol. The lowest BCUT2D eigenvalue weighted by Crippen LogP contribution is -2.39. The Balaban J connectivity index is 2.13. The van der Waals surface area contributed by atoms with Crippen molar-refractivity contribution in [2.75, 3.05) is 6.61 Å². The van der Waals surface area contributed by atoms with Crippen molar-refractivity contribution in [3.8, 4) is 0 Å². The second-order valence-corrected chi connectivity index (χ2v) is 4.67. The van der Waals surface area contributed by atoms with Crippen LogP contribution in [0, 0.1) is 0 Å². The molecule has 6 heteroatoms. The van der Waals surface area contributed by atoms with Crippen molar-refractivity contribution < 1.29 is 15.3 Å². The zero-order chi connectivity index (χ0) is 12.6. The number of aryl methyl sites for hydroxylation is 1. The van der Waals surface area contributed by atoms with Crippen LogP contribution in [0.2, 0.25) is 0 Å². The Labute approximate surface area is 100 Å². The lowest BCUT2D eigenvalue weighted by Gasteiger charge is -2.26. The van der Waals surface area contributed by atoms with Crippen molar-refractivity contribution in [2.24, 2.45) is 7.05 Å². The summed E-state index contributed by atoms with van der Waals surface area (Å²) in [6.07, 6.45) is 1.92. The zero-order valence-electron chi connectivity index (χ0n) is 10.1. The second kappa shape index (κ2) is 4.73. The van der Waals surface area contributed by atoms with Crippen LogP contribution in [0.5, 0.6) is 0 Å². The molecule has 1 saturated heterocycles. The Morgan fingerprint density at radius 3 is 2.59 bits per heavy atom. The first-order valence-electron chi connectivity index (χ1n) is 5.75. The molecule has 96 valence electrons. The van der Waals surface area contributed by atoms with Gasteiger partial charge >= 0.3 is 0 Å². The number of rotatable bonds is 3. The molecular weight excluding hydrogens is 222 g/mol. The van der Waals surface area contributed by atoms with E-state index >= 15 is 0 Å². The van der Waals surface area contributed by atoms with E-state index in [0.717, 1.165) is 5.56 Å². The average Bonchev–Trinajstić information content (AvgIpc) is 2.79. The fourth-order valence-electron chi connectivity index (χ4n) is 2.45. The maximum Gasteiger partial charge on any atom is 0.0991 e. The molecule has 1 fully saturated rings. The van der Waals surface area contributed by atoms with E-state index in [1.54, 1.807) is 10.9 Å². The Morgan fingerprint density at radius 2 is 2.06 bits per heavy atom. The Hall–Kier alpha value is -0.950. The Morgan fingerprint density at radius 1 is 1.35 bits per heavy atom. The number of nitrogens with zero attached hydrogens (tertiary/aromatic N) is 3. The molecule has 0 bridgehead atoms. The molecule has 0 radical (unpaired) electrons. The van der Waals surface area contributed by atoms with Gasteiger partial charge in [0.15, 0.2) is 0 Å². The number of likely N-dealkylation sites (tertiary alicyclic amines) is 1. The number of hydrogen-bond acceptors (Lipinski definition) is 5. The SMILES string of the molecule is C[C@H]1[C@H](O)[C@H](O)[C@@H](CO)N1Cc1cnn(C)c1. The Bertz CT molecular complexity index is 382. The van der Waals surface area contributed by atoms with Crippen molar-refractivity contribution in [1.29, 1.82) is 0 Å². The highest BCUT2D eigenvalue weighted by atomic mass is 16.3. The van der Waals surface area contributed by atoms with Gasteiger partial charge in [0.1, 0.15) is 0 Å². The third-order valence-electron chi connectivity index (χ3n) is 3.50. The molecule has 1 aromatic rings. The summed E-state index contributed by atoms with van der Waals surface area (Å²) >= 11 is 0. The van der Waals surface area contributed by atoms with Gasteiger partial charge < -0.3 is 15.3 Å². The number of hydrogen-bond donors (Lipinski definition) is 3. The van der Waals surface area contributed by atoms with Gasteiger partial charge in [-0.3, -0.25) is 9.58 Å². The molecule has 0 unspecified atom stereocenters. The van der Waals surface area contributed by atoms with E-state index in [1.165, 1.54) is 0 Å². The smallest absolute Gasteiger partial charge is 0.0991 e. The third-order valence-corrected chi connectivity index (χ3v) is 3.50. The van der Waals surface area contributed by atoms with Crippen LogP contribution >= 0.6 is 0 Å². The fraction of sp³-hybridized carbons (Fsp3) is 0.727. The van der Waals surface area contributed by atoms with Crippen LogP contribution in [0.15, 0.2) is 12.4 Å². The molecular formula is C11H19N3O3. The third kappa shape index (κ3) is 2.21. The van der Waals surface area contributed by atoms with Gasteiger partial charge in [0.25, 0.3) is 0 Å². The summed E-state index contributed by atoms with van der Waals surface area (Å²) in [5.41, 5.74) is 0.999. The molecule has 6 nitrogen and oxygen atoms in total.